The molecule has 2 heteroatoms. The van der Waals surface area contributed by atoms with Gasteiger partial charge in [0.15, 0.2) is 0 Å². The first kappa shape index (κ1) is 21.8. The number of benzene rings is 1. The van der Waals surface area contributed by atoms with Crippen LogP contribution in [0.15, 0.2) is 36.7 Å². The van der Waals surface area contributed by atoms with E-state index in [2.05, 4.69) is 48.0 Å². The van der Waals surface area contributed by atoms with Crippen LogP contribution in [0.1, 0.15) is 89.5 Å². The van der Waals surface area contributed by atoms with Crippen LogP contribution >= 0.6 is 0 Å². The Labute approximate surface area is 206 Å². The predicted octanol–water partition coefficient (Wildman–Crippen LogP) is 7.68. The molecule has 1 aliphatic heterocycles. The number of hydrogen-bond donors (Lipinski definition) is 0. The van der Waals surface area contributed by atoms with E-state index >= 15 is 0 Å². The van der Waals surface area contributed by atoms with Gasteiger partial charge in [0, 0.05) is 23.8 Å². The number of aromatic nitrogens is 1. The zero-order chi connectivity index (χ0) is 22.9. The van der Waals surface area contributed by atoms with Crippen molar-refractivity contribution < 1.29 is 0 Å². The second-order valence-corrected chi connectivity index (χ2v) is 13.4. The summed E-state index contributed by atoms with van der Waals surface area (Å²) >= 11 is 0. The van der Waals surface area contributed by atoms with Gasteiger partial charge < -0.3 is 4.90 Å². The highest BCUT2D eigenvalue weighted by Gasteiger charge is 2.59. The first-order valence-electron chi connectivity index (χ1n) is 14.7. The molecule has 2 unspecified atom stereocenters. The first-order valence-corrected chi connectivity index (χ1v) is 14.7. The van der Waals surface area contributed by atoms with Gasteiger partial charge in [-0.05, 0) is 141 Å². The fourth-order valence-electron chi connectivity index (χ4n) is 10.6. The standard InChI is InChI=1S/C32H44N2/c1-21-17-30-29-9-7-23-19-26(34-15-3-4-16-34)8-10-27(23)28(29)11-13-32(30,2)31(21)24-5-6-25-20-33-14-12-22(25)18-24/h5-6,12,14,18,20-21,23,26-31H,3-4,7-11,13,15-17,19H2,1-2H3/t21?,23-,26-,27-,28+,29+,30-,31?,32-/m0/s1. The van der Waals surface area contributed by atoms with Gasteiger partial charge in [0.2, 0.25) is 0 Å². The fraction of sp³-hybridized carbons (Fsp3) is 0.719. The maximum atomic E-state index is 4.34. The Kier molecular flexibility index (Phi) is 5.35. The van der Waals surface area contributed by atoms with E-state index in [1.54, 1.807) is 5.56 Å². The molecule has 2 heterocycles. The zero-order valence-electron chi connectivity index (χ0n) is 21.5. The molecule has 0 radical (unpaired) electrons. The van der Waals surface area contributed by atoms with Gasteiger partial charge in [0.1, 0.15) is 0 Å². The zero-order valence-corrected chi connectivity index (χ0v) is 21.5. The van der Waals surface area contributed by atoms with Gasteiger partial charge in [-0.1, -0.05) is 32.0 Å². The van der Waals surface area contributed by atoms with Crippen molar-refractivity contribution in [3.63, 3.8) is 0 Å². The first-order chi connectivity index (χ1) is 16.6. The van der Waals surface area contributed by atoms with Gasteiger partial charge in [0.05, 0.1) is 0 Å². The Morgan fingerprint density at radius 3 is 2.62 bits per heavy atom. The van der Waals surface area contributed by atoms with Crippen LogP contribution in [0.4, 0.5) is 0 Å². The van der Waals surface area contributed by atoms with Crippen LogP contribution in [-0.4, -0.2) is 29.0 Å². The molecule has 0 amide bonds. The Balaban J connectivity index is 1.13. The van der Waals surface area contributed by atoms with Gasteiger partial charge >= 0.3 is 0 Å². The van der Waals surface area contributed by atoms with Crippen LogP contribution in [0.5, 0.6) is 0 Å². The summed E-state index contributed by atoms with van der Waals surface area (Å²) in [6, 6.07) is 10.4. The molecule has 4 saturated carbocycles. The molecular formula is C32H44N2. The van der Waals surface area contributed by atoms with Crippen molar-refractivity contribution in [2.45, 2.75) is 90.0 Å². The molecule has 2 aromatic rings. The smallest absolute Gasteiger partial charge is 0.0346 e. The molecule has 9 atom stereocenters. The second kappa shape index (κ2) is 8.32. The number of rotatable bonds is 2. The van der Waals surface area contributed by atoms with Crippen molar-refractivity contribution in [1.82, 2.24) is 9.88 Å². The number of pyridine rings is 1. The molecule has 0 bridgehead atoms. The van der Waals surface area contributed by atoms with Crippen molar-refractivity contribution in [2.24, 2.45) is 40.9 Å². The highest BCUT2D eigenvalue weighted by Crippen LogP contribution is 2.68. The summed E-state index contributed by atoms with van der Waals surface area (Å²) in [4.78, 5) is 7.20. The van der Waals surface area contributed by atoms with E-state index in [1.165, 1.54) is 88.1 Å². The summed E-state index contributed by atoms with van der Waals surface area (Å²) in [6.07, 6.45) is 18.9. The molecule has 34 heavy (non-hydrogen) atoms. The fourth-order valence-corrected chi connectivity index (χ4v) is 10.6. The average molecular weight is 457 g/mol. The average Bonchev–Trinajstić information content (AvgIpc) is 3.49. The van der Waals surface area contributed by atoms with E-state index in [4.69, 9.17) is 0 Å². The van der Waals surface area contributed by atoms with Crippen LogP contribution < -0.4 is 0 Å². The van der Waals surface area contributed by atoms with E-state index in [-0.39, 0.29) is 0 Å². The van der Waals surface area contributed by atoms with Crippen LogP contribution in [-0.2, 0) is 0 Å². The van der Waals surface area contributed by atoms with Crippen molar-refractivity contribution >= 4 is 10.8 Å². The summed E-state index contributed by atoms with van der Waals surface area (Å²) < 4.78 is 0. The molecule has 0 spiro atoms. The summed E-state index contributed by atoms with van der Waals surface area (Å²) in [5.41, 5.74) is 2.09. The van der Waals surface area contributed by atoms with Crippen LogP contribution in [0.2, 0.25) is 0 Å². The molecule has 5 fully saturated rings. The van der Waals surface area contributed by atoms with E-state index in [9.17, 15) is 0 Å². The highest BCUT2D eigenvalue weighted by atomic mass is 15.2. The van der Waals surface area contributed by atoms with Crippen LogP contribution in [0, 0.1) is 40.9 Å². The lowest BCUT2D eigenvalue weighted by atomic mass is 9.49. The van der Waals surface area contributed by atoms with Crippen molar-refractivity contribution in [2.75, 3.05) is 13.1 Å². The van der Waals surface area contributed by atoms with E-state index < -0.39 is 0 Å². The molecule has 7 rings (SSSR count). The quantitative estimate of drug-likeness (QED) is 0.460. The molecule has 1 aromatic carbocycles. The summed E-state index contributed by atoms with van der Waals surface area (Å²) in [7, 11) is 0. The lowest BCUT2D eigenvalue weighted by molar-refractivity contribution is -0.0638. The van der Waals surface area contributed by atoms with Gasteiger partial charge in [0.25, 0.3) is 0 Å². The predicted molar refractivity (Wildman–Crippen MR) is 141 cm³/mol. The summed E-state index contributed by atoms with van der Waals surface area (Å²) in [6.45, 7) is 8.06. The largest absolute Gasteiger partial charge is 0.300 e. The second-order valence-electron chi connectivity index (χ2n) is 13.4. The number of nitrogens with zero attached hydrogens (tertiary/aromatic N) is 2. The van der Waals surface area contributed by atoms with Crippen LogP contribution in [0.25, 0.3) is 10.8 Å². The molecule has 182 valence electrons. The van der Waals surface area contributed by atoms with E-state index in [0.717, 1.165) is 47.5 Å². The van der Waals surface area contributed by atoms with Gasteiger partial charge in [-0.3, -0.25) is 4.98 Å². The lowest BCUT2D eigenvalue weighted by Crippen LogP contribution is -2.50. The van der Waals surface area contributed by atoms with E-state index in [1.807, 2.05) is 12.4 Å². The molecule has 1 aromatic heterocycles. The van der Waals surface area contributed by atoms with Crippen molar-refractivity contribution in [1.29, 1.82) is 0 Å². The third-order valence-corrected chi connectivity index (χ3v) is 12.0. The SMILES string of the molecule is CC1C[C@H]2[C@@H]3CC[C@H]4C[C@@H](N5CCCC5)CC[C@@H]4[C@H]3CC[C@]2(C)C1c1ccc2cnccc2c1. The Morgan fingerprint density at radius 2 is 1.74 bits per heavy atom. The normalized spacial score (nSPS) is 44.5. The molecule has 4 aliphatic carbocycles. The number of hydrogen-bond acceptors (Lipinski definition) is 2. The van der Waals surface area contributed by atoms with Crippen molar-refractivity contribution in [3.05, 3.63) is 42.2 Å². The maximum Gasteiger partial charge on any atom is 0.0346 e. The Bertz CT molecular complexity index is 1040. The summed E-state index contributed by atoms with van der Waals surface area (Å²) in [5.74, 6) is 6.58. The van der Waals surface area contributed by atoms with Gasteiger partial charge in [-0.25, -0.2) is 0 Å². The maximum absolute atomic E-state index is 4.34. The minimum absolute atomic E-state index is 0.487. The van der Waals surface area contributed by atoms with Crippen molar-refractivity contribution in [3.8, 4) is 0 Å². The summed E-state index contributed by atoms with van der Waals surface area (Å²) in [5, 5.41) is 2.65. The highest BCUT2D eigenvalue weighted by molar-refractivity contribution is 5.82. The minimum atomic E-state index is 0.487. The van der Waals surface area contributed by atoms with Gasteiger partial charge in [-0.2, -0.15) is 0 Å². The monoisotopic (exact) mass is 456 g/mol. The third-order valence-electron chi connectivity index (χ3n) is 12.0. The lowest BCUT2D eigenvalue weighted by Gasteiger charge is -2.57. The number of fused-ring (bicyclic) bond motifs is 6. The minimum Gasteiger partial charge on any atom is -0.300 e. The number of likely N-dealkylation sites (tertiary alicyclic amines) is 1. The molecule has 0 N–H and O–H groups in total. The Morgan fingerprint density at radius 1 is 0.882 bits per heavy atom. The van der Waals surface area contributed by atoms with Crippen LogP contribution in [0.3, 0.4) is 0 Å². The molecule has 2 nitrogen and oxygen atoms in total. The topological polar surface area (TPSA) is 16.1 Å². The van der Waals surface area contributed by atoms with Gasteiger partial charge in [-0.15, -0.1) is 0 Å². The molecule has 1 saturated heterocycles. The molecule has 5 aliphatic rings. The Hall–Kier alpha value is -1.41. The van der Waals surface area contributed by atoms with E-state index in [0.29, 0.717) is 5.41 Å². The third kappa shape index (κ3) is 3.34. The molecular weight excluding hydrogens is 412 g/mol.